The molecule has 2 aromatic rings. The molecule has 3 rings (SSSR count). The molecule has 0 amide bonds. The molecule has 6 nitrogen and oxygen atoms in total. The second-order valence-electron chi connectivity index (χ2n) is 5.84. The minimum Gasteiger partial charge on any atom is -0.353 e. The Balaban J connectivity index is 1.74. The fourth-order valence-corrected chi connectivity index (χ4v) is 4.32. The second-order valence-corrected chi connectivity index (χ2v) is 8.16. The molecule has 0 spiro atoms. The smallest absolute Gasteiger partial charge is 0.243 e. The van der Waals surface area contributed by atoms with Crippen molar-refractivity contribution >= 4 is 27.4 Å². The van der Waals surface area contributed by atoms with Gasteiger partial charge in [-0.1, -0.05) is 17.7 Å². The van der Waals surface area contributed by atoms with Crippen molar-refractivity contribution in [1.82, 2.24) is 14.3 Å². The number of benzene rings is 1. The summed E-state index contributed by atoms with van der Waals surface area (Å²) in [6.45, 7) is 5.81. The first-order valence-electron chi connectivity index (χ1n) is 7.68. The highest BCUT2D eigenvalue weighted by Crippen LogP contribution is 2.22. The van der Waals surface area contributed by atoms with E-state index in [2.05, 4.69) is 9.97 Å². The van der Waals surface area contributed by atoms with Gasteiger partial charge in [0.15, 0.2) is 0 Å². The Morgan fingerprint density at radius 3 is 2.38 bits per heavy atom. The van der Waals surface area contributed by atoms with Crippen molar-refractivity contribution in [3.8, 4) is 0 Å². The van der Waals surface area contributed by atoms with Gasteiger partial charge in [-0.15, -0.1) is 0 Å². The monoisotopic (exact) mass is 366 g/mol. The molecule has 1 aromatic heterocycles. The highest BCUT2D eigenvalue weighted by atomic mass is 35.5. The molecule has 1 fully saturated rings. The number of rotatable bonds is 3. The molecule has 0 bridgehead atoms. The molecule has 0 unspecified atom stereocenters. The molecular weight excluding hydrogens is 348 g/mol. The number of sulfonamides is 1. The minimum atomic E-state index is -3.47. The number of anilines is 1. The molecule has 1 aromatic carbocycles. The van der Waals surface area contributed by atoms with Crippen molar-refractivity contribution in [2.24, 2.45) is 0 Å². The maximum absolute atomic E-state index is 12.8. The maximum Gasteiger partial charge on any atom is 0.243 e. The number of hydrogen-bond acceptors (Lipinski definition) is 5. The molecule has 8 heteroatoms. The molecule has 1 aliphatic heterocycles. The zero-order chi connectivity index (χ0) is 17.3. The van der Waals surface area contributed by atoms with Gasteiger partial charge < -0.3 is 4.90 Å². The Morgan fingerprint density at radius 2 is 1.75 bits per heavy atom. The van der Waals surface area contributed by atoms with Crippen molar-refractivity contribution in [2.75, 3.05) is 31.1 Å². The van der Waals surface area contributed by atoms with E-state index in [1.54, 1.807) is 18.3 Å². The third-order valence-electron chi connectivity index (χ3n) is 4.27. The topological polar surface area (TPSA) is 66.4 Å². The molecule has 1 aliphatic rings. The van der Waals surface area contributed by atoms with E-state index < -0.39 is 10.0 Å². The molecule has 0 radical (unpaired) electrons. The Bertz CT molecular complexity index is 849. The Labute approximate surface area is 147 Å². The SMILES string of the molecule is Cc1ccc(S(=O)(=O)N2CCN(c3cncc(Cl)n3)CC2)cc1C. The molecule has 0 saturated carbocycles. The maximum atomic E-state index is 12.8. The van der Waals surface area contributed by atoms with E-state index in [0.29, 0.717) is 42.0 Å². The normalized spacial score (nSPS) is 16.4. The highest BCUT2D eigenvalue weighted by molar-refractivity contribution is 7.89. The Hall–Kier alpha value is -1.70. The molecule has 24 heavy (non-hydrogen) atoms. The van der Waals surface area contributed by atoms with E-state index >= 15 is 0 Å². The van der Waals surface area contributed by atoms with E-state index in [9.17, 15) is 8.42 Å². The second kappa shape index (κ2) is 6.66. The number of aromatic nitrogens is 2. The zero-order valence-electron chi connectivity index (χ0n) is 13.6. The van der Waals surface area contributed by atoms with E-state index in [4.69, 9.17) is 11.6 Å². The first-order chi connectivity index (χ1) is 11.4. The average Bonchev–Trinajstić information content (AvgIpc) is 2.57. The predicted molar refractivity (Wildman–Crippen MR) is 93.9 cm³/mol. The first-order valence-corrected chi connectivity index (χ1v) is 9.49. The lowest BCUT2D eigenvalue weighted by atomic mass is 10.1. The van der Waals surface area contributed by atoms with E-state index in [0.717, 1.165) is 11.1 Å². The van der Waals surface area contributed by atoms with Crippen LogP contribution >= 0.6 is 11.6 Å². The van der Waals surface area contributed by atoms with Crippen LogP contribution in [-0.4, -0.2) is 48.9 Å². The van der Waals surface area contributed by atoms with E-state index in [-0.39, 0.29) is 0 Å². The summed E-state index contributed by atoms with van der Waals surface area (Å²) in [4.78, 5) is 10.6. The lowest BCUT2D eigenvalue weighted by Gasteiger charge is -2.34. The average molecular weight is 367 g/mol. The van der Waals surface area contributed by atoms with Crippen LogP contribution in [0.25, 0.3) is 0 Å². The van der Waals surface area contributed by atoms with Crippen LogP contribution in [0.15, 0.2) is 35.5 Å². The van der Waals surface area contributed by atoms with Crippen LogP contribution in [0, 0.1) is 13.8 Å². The Kier molecular flexibility index (Phi) is 4.76. The lowest BCUT2D eigenvalue weighted by molar-refractivity contribution is 0.383. The van der Waals surface area contributed by atoms with Crippen molar-refractivity contribution in [3.05, 3.63) is 46.9 Å². The van der Waals surface area contributed by atoms with Gasteiger partial charge in [0.05, 0.1) is 17.3 Å². The third-order valence-corrected chi connectivity index (χ3v) is 6.35. The molecule has 0 atom stereocenters. The first kappa shape index (κ1) is 17.1. The predicted octanol–water partition coefficient (Wildman–Crippen LogP) is 2.26. The molecule has 0 N–H and O–H groups in total. The van der Waals surface area contributed by atoms with Crippen LogP contribution in [0.5, 0.6) is 0 Å². The van der Waals surface area contributed by atoms with Crippen LogP contribution in [0.1, 0.15) is 11.1 Å². The largest absolute Gasteiger partial charge is 0.353 e. The van der Waals surface area contributed by atoms with Gasteiger partial charge in [0.2, 0.25) is 10.0 Å². The van der Waals surface area contributed by atoms with Crippen LogP contribution in [-0.2, 0) is 10.0 Å². The summed E-state index contributed by atoms with van der Waals surface area (Å²) in [5.41, 5.74) is 2.06. The van der Waals surface area contributed by atoms with Gasteiger partial charge in [0, 0.05) is 26.2 Å². The molecular formula is C16H19ClN4O2S. The quantitative estimate of drug-likeness (QED) is 0.833. The Morgan fingerprint density at radius 1 is 1.04 bits per heavy atom. The molecule has 1 saturated heterocycles. The number of piperazine rings is 1. The number of halogens is 1. The van der Waals surface area contributed by atoms with Crippen LogP contribution in [0.4, 0.5) is 5.82 Å². The van der Waals surface area contributed by atoms with Crippen LogP contribution < -0.4 is 4.90 Å². The summed E-state index contributed by atoms with van der Waals surface area (Å²) in [6, 6.07) is 5.26. The van der Waals surface area contributed by atoms with Gasteiger partial charge in [-0.3, -0.25) is 4.98 Å². The van der Waals surface area contributed by atoms with Gasteiger partial charge in [0.25, 0.3) is 0 Å². The summed E-state index contributed by atoms with van der Waals surface area (Å²) in [5.74, 6) is 0.672. The van der Waals surface area contributed by atoms with Gasteiger partial charge in [-0.25, -0.2) is 13.4 Å². The summed E-state index contributed by atoms with van der Waals surface area (Å²) in [6.07, 6.45) is 3.12. The van der Waals surface area contributed by atoms with Gasteiger partial charge in [-0.05, 0) is 37.1 Å². The fourth-order valence-electron chi connectivity index (χ4n) is 2.67. The lowest BCUT2D eigenvalue weighted by Crippen LogP contribution is -2.49. The number of hydrogen-bond donors (Lipinski definition) is 0. The standard InChI is InChI=1S/C16H19ClN4O2S/c1-12-3-4-14(9-13(12)2)24(22,23)21-7-5-20(6-8-21)16-11-18-10-15(17)19-16/h3-4,9-11H,5-8H2,1-2H3. The minimum absolute atomic E-state index is 0.331. The van der Waals surface area contributed by atoms with Gasteiger partial charge in [-0.2, -0.15) is 4.31 Å². The number of aryl methyl sites for hydroxylation is 2. The third kappa shape index (κ3) is 3.38. The van der Waals surface area contributed by atoms with Crippen molar-refractivity contribution < 1.29 is 8.42 Å². The summed E-state index contributed by atoms with van der Waals surface area (Å²) < 4.78 is 27.1. The number of nitrogens with zero attached hydrogens (tertiary/aromatic N) is 4. The van der Waals surface area contributed by atoms with E-state index in [1.165, 1.54) is 10.5 Å². The van der Waals surface area contributed by atoms with Crippen molar-refractivity contribution in [2.45, 2.75) is 18.7 Å². The summed E-state index contributed by atoms with van der Waals surface area (Å²) >= 11 is 5.87. The van der Waals surface area contributed by atoms with Gasteiger partial charge >= 0.3 is 0 Å². The highest BCUT2D eigenvalue weighted by Gasteiger charge is 2.29. The molecule has 128 valence electrons. The van der Waals surface area contributed by atoms with E-state index in [1.807, 2.05) is 24.8 Å². The van der Waals surface area contributed by atoms with Crippen LogP contribution in [0.2, 0.25) is 5.15 Å². The fraction of sp³-hybridized carbons (Fsp3) is 0.375. The van der Waals surface area contributed by atoms with Crippen molar-refractivity contribution in [1.29, 1.82) is 0 Å². The van der Waals surface area contributed by atoms with Crippen LogP contribution in [0.3, 0.4) is 0 Å². The molecule has 2 heterocycles. The zero-order valence-corrected chi connectivity index (χ0v) is 15.2. The van der Waals surface area contributed by atoms with Gasteiger partial charge in [0.1, 0.15) is 11.0 Å². The van der Waals surface area contributed by atoms with Crippen molar-refractivity contribution in [3.63, 3.8) is 0 Å². The summed E-state index contributed by atoms with van der Waals surface area (Å²) in [7, 11) is -3.47. The molecule has 0 aliphatic carbocycles. The summed E-state index contributed by atoms with van der Waals surface area (Å²) in [5, 5.41) is 0.331.